The van der Waals surface area contributed by atoms with Crippen LogP contribution in [0, 0.1) is 5.92 Å². The average Bonchev–Trinajstić information content (AvgIpc) is 2.96. The van der Waals surface area contributed by atoms with Gasteiger partial charge in [-0.2, -0.15) is 5.10 Å². The molecular weight excluding hydrogens is 264 g/mol. The molecule has 0 aliphatic rings. The van der Waals surface area contributed by atoms with Crippen molar-refractivity contribution in [2.45, 2.75) is 59.8 Å². The second-order valence-corrected chi connectivity index (χ2v) is 6.83. The van der Waals surface area contributed by atoms with Gasteiger partial charge < -0.3 is 9.88 Å². The van der Waals surface area contributed by atoms with Gasteiger partial charge in [0.2, 0.25) is 0 Å². The van der Waals surface area contributed by atoms with E-state index in [2.05, 4.69) is 59.6 Å². The van der Waals surface area contributed by atoms with Gasteiger partial charge in [-0.15, -0.1) is 0 Å². The molecule has 0 aliphatic carbocycles. The van der Waals surface area contributed by atoms with E-state index in [9.17, 15) is 0 Å². The quantitative estimate of drug-likeness (QED) is 0.884. The van der Waals surface area contributed by atoms with Gasteiger partial charge in [0.05, 0.1) is 13.1 Å². The third-order valence-corrected chi connectivity index (χ3v) is 3.12. The second kappa shape index (κ2) is 6.39. The molecule has 0 aliphatic heterocycles. The Morgan fingerprint density at radius 3 is 2.62 bits per heavy atom. The molecule has 21 heavy (non-hydrogen) atoms. The van der Waals surface area contributed by atoms with Crippen molar-refractivity contribution in [3.05, 3.63) is 30.4 Å². The fourth-order valence-electron chi connectivity index (χ4n) is 2.06. The zero-order valence-electron chi connectivity index (χ0n) is 13.7. The lowest BCUT2D eigenvalue weighted by Crippen LogP contribution is -2.36. The molecule has 0 amide bonds. The van der Waals surface area contributed by atoms with Gasteiger partial charge in [-0.25, -0.2) is 14.6 Å². The number of imidazole rings is 1. The maximum absolute atomic E-state index is 4.43. The Labute approximate surface area is 126 Å². The molecule has 6 heteroatoms. The Balaban J connectivity index is 2.07. The lowest BCUT2D eigenvalue weighted by molar-refractivity contribution is 0.410. The van der Waals surface area contributed by atoms with Crippen molar-refractivity contribution in [1.82, 2.24) is 29.6 Å². The normalized spacial score (nSPS) is 12.3. The van der Waals surface area contributed by atoms with E-state index in [1.54, 1.807) is 6.33 Å². The van der Waals surface area contributed by atoms with Gasteiger partial charge in [-0.1, -0.05) is 13.8 Å². The van der Waals surface area contributed by atoms with E-state index in [4.69, 9.17) is 0 Å². The molecule has 0 aromatic carbocycles. The minimum absolute atomic E-state index is 0.0778. The Morgan fingerprint density at radius 2 is 1.95 bits per heavy atom. The van der Waals surface area contributed by atoms with Crippen LogP contribution in [0.15, 0.2) is 18.7 Å². The first-order chi connectivity index (χ1) is 9.85. The van der Waals surface area contributed by atoms with Crippen molar-refractivity contribution >= 4 is 0 Å². The number of aromatic nitrogens is 5. The van der Waals surface area contributed by atoms with Crippen LogP contribution < -0.4 is 5.32 Å². The Morgan fingerprint density at radius 1 is 1.19 bits per heavy atom. The highest BCUT2D eigenvalue weighted by Crippen LogP contribution is 2.07. The molecule has 0 saturated carbocycles. The molecule has 2 rings (SSSR count). The topological polar surface area (TPSA) is 60.6 Å². The summed E-state index contributed by atoms with van der Waals surface area (Å²) in [5, 5.41) is 7.77. The van der Waals surface area contributed by atoms with Gasteiger partial charge in [0.1, 0.15) is 18.0 Å². The summed E-state index contributed by atoms with van der Waals surface area (Å²) >= 11 is 0. The molecule has 2 heterocycles. The molecule has 2 aromatic heterocycles. The molecule has 0 spiro atoms. The number of nitrogens with one attached hydrogen (secondary N) is 1. The summed E-state index contributed by atoms with van der Waals surface area (Å²) in [6, 6.07) is 0. The Kier molecular flexibility index (Phi) is 4.77. The van der Waals surface area contributed by atoms with Gasteiger partial charge in [0.25, 0.3) is 0 Å². The average molecular weight is 290 g/mol. The van der Waals surface area contributed by atoms with Crippen molar-refractivity contribution in [3.8, 4) is 0 Å². The number of rotatable bonds is 6. The lowest BCUT2D eigenvalue weighted by Gasteiger charge is -2.20. The SMILES string of the molecule is CC(C)Cn1ncnc1Cn1ccnc1CNC(C)(C)C. The molecule has 0 unspecified atom stereocenters. The fraction of sp³-hybridized carbons (Fsp3) is 0.667. The molecule has 1 N–H and O–H groups in total. The van der Waals surface area contributed by atoms with Crippen molar-refractivity contribution < 1.29 is 0 Å². The highest BCUT2D eigenvalue weighted by atomic mass is 15.3. The van der Waals surface area contributed by atoms with Crippen LogP contribution in [0.3, 0.4) is 0 Å². The van der Waals surface area contributed by atoms with Crippen LogP contribution in [0.1, 0.15) is 46.3 Å². The predicted octanol–water partition coefficient (Wildman–Crippen LogP) is 2.07. The summed E-state index contributed by atoms with van der Waals surface area (Å²) < 4.78 is 4.10. The Hall–Kier alpha value is -1.69. The fourth-order valence-corrected chi connectivity index (χ4v) is 2.06. The van der Waals surface area contributed by atoms with Gasteiger partial charge in [-0.3, -0.25) is 0 Å². The van der Waals surface area contributed by atoms with Gasteiger partial charge in [-0.05, 0) is 26.7 Å². The van der Waals surface area contributed by atoms with Crippen LogP contribution in [0.2, 0.25) is 0 Å². The highest BCUT2D eigenvalue weighted by molar-refractivity contribution is 4.98. The molecular formula is C15H26N6. The van der Waals surface area contributed by atoms with E-state index in [0.29, 0.717) is 12.5 Å². The summed E-state index contributed by atoms with van der Waals surface area (Å²) in [5.41, 5.74) is 0.0778. The van der Waals surface area contributed by atoms with Crippen LogP contribution in [0.5, 0.6) is 0 Å². The molecule has 0 atom stereocenters. The standard InChI is InChI=1S/C15H26N6/c1-12(2)9-21-14(17-11-19-21)10-20-7-6-16-13(20)8-18-15(3,4)5/h6-7,11-12,18H,8-10H2,1-5H3. The van der Waals surface area contributed by atoms with Gasteiger partial charge in [0.15, 0.2) is 0 Å². The van der Waals surface area contributed by atoms with Gasteiger partial charge >= 0.3 is 0 Å². The summed E-state index contributed by atoms with van der Waals surface area (Å²) in [6.07, 6.45) is 5.46. The second-order valence-electron chi connectivity index (χ2n) is 6.83. The van der Waals surface area contributed by atoms with E-state index < -0.39 is 0 Å². The summed E-state index contributed by atoms with van der Waals surface area (Å²) in [4.78, 5) is 8.81. The molecule has 0 radical (unpaired) electrons. The van der Waals surface area contributed by atoms with Crippen molar-refractivity contribution in [1.29, 1.82) is 0 Å². The van der Waals surface area contributed by atoms with Crippen LogP contribution in [-0.4, -0.2) is 29.9 Å². The van der Waals surface area contributed by atoms with E-state index in [1.165, 1.54) is 0 Å². The van der Waals surface area contributed by atoms with E-state index >= 15 is 0 Å². The molecule has 116 valence electrons. The summed E-state index contributed by atoms with van der Waals surface area (Å²) in [6.45, 7) is 13.2. The monoisotopic (exact) mass is 290 g/mol. The molecule has 0 bridgehead atoms. The highest BCUT2D eigenvalue weighted by Gasteiger charge is 2.13. The maximum Gasteiger partial charge on any atom is 0.146 e. The third-order valence-electron chi connectivity index (χ3n) is 3.12. The third kappa shape index (κ3) is 4.67. The summed E-state index contributed by atoms with van der Waals surface area (Å²) in [7, 11) is 0. The zero-order valence-corrected chi connectivity index (χ0v) is 13.7. The smallest absolute Gasteiger partial charge is 0.146 e. The number of hydrogen-bond donors (Lipinski definition) is 1. The first-order valence-electron chi connectivity index (χ1n) is 7.47. The maximum atomic E-state index is 4.43. The van der Waals surface area contributed by atoms with Crippen molar-refractivity contribution in [2.24, 2.45) is 5.92 Å². The van der Waals surface area contributed by atoms with Crippen LogP contribution in [0.25, 0.3) is 0 Å². The van der Waals surface area contributed by atoms with Crippen LogP contribution in [-0.2, 0) is 19.6 Å². The molecule has 2 aromatic rings. The van der Waals surface area contributed by atoms with E-state index in [-0.39, 0.29) is 5.54 Å². The minimum atomic E-state index is 0.0778. The van der Waals surface area contributed by atoms with E-state index in [0.717, 1.165) is 24.7 Å². The first-order valence-corrected chi connectivity index (χ1v) is 7.47. The predicted molar refractivity (Wildman–Crippen MR) is 82.8 cm³/mol. The lowest BCUT2D eigenvalue weighted by atomic mass is 10.1. The molecule has 0 fully saturated rings. The van der Waals surface area contributed by atoms with Crippen molar-refractivity contribution in [3.63, 3.8) is 0 Å². The zero-order chi connectivity index (χ0) is 15.5. The largest absolute Gasteiger partial charge is 0.326 e. The van der Waals surface area contributed by atoms with Crippen LogP contribution in [0.4, 0.5) is 0 Å². The molecule has 0 saturated heterocycles. The van der Waals surface area contributed by atoms with E-state index in [1.807, 2.05) is 17.1 Å². The molecule has 6 nitrogen and oxygen atoms in total. The van der Waals surface area contributed by atoms with Crippen LogP contribution >= 0.6 is 0 Å². The summed E-state index contributed by atoms with van der Waals surface area (Å²) in [5.74, 6) is 2.54. The number of hydrogen-bond acceptors (Lipinski definition) is 4. The minimum Gasteiger partial charge on any atom is -0.326 e. The Bertz CT molecular complexity index is 561. The number of nitrogens with zero attached hydrogens (tertiary/aromatic N) is 5. The van der Waals surface area contributed by atoms with Crippen molar-refractivity contribution in [2.75, 3.05) is 0 Å². The van der Waals surface area contributed by atoms with Gasteiger partial charge in [0, 0.05) is 24.5 Å². The first kappa shape index (κ1) is 15.7.